The Hall–Kier alpha value is -2.32. The maximum Gasteiger partial charge on any atom is 0.303 e. The van der Waals surface area contributed by atoms with Crippen LogP contribution in [0.4, 0.5) is 0 Å². The van der Waals surface area contributed by atoms with Gasteiger partial charge in [-0.05, 0) is 32.9 Å². The summed E-state index contributed by atoms with van der Waals surface area (Å²) in [7, 11) is 0. The van der Waals surface area contributed by atoms with Crippen molar-refractivity contribution < 1.29 is 33.8 Å². The molecule has 0 aromatic carbocycles. The van der Waals surface area contributed by atoms with Crippen LogP contribution in [0.15, 0.2) is 0 Å². The van der Waals surface area contributed by atoms with Crippen molar-refractivity contribution in [1.29, 1.82) is 0 Å². The fourth-order valence-corrected chi connectivity index (χ4v) is 3.42. The molecular weight excluding hydrogens is 532 g/mol. The molecule has 1 unspecified atom stereocenters. The zero-order valence-corrected chi connectivity index (χ0v) is 26.2. The highest BCUT2D eigenvalue weighted by Gasteiger charge is 2.29. The molecule has 0 rings (SSSR count). The average Bonchev–Trinajstić information content (AvgIpc) is 2.88. The van der Waals surface area contributed by atoms with E-state index in [4.69, 9.17) is 26.0 Å². The van der Waals surface area contributed by atoms with Gasteiger partial charge in [-0.25, -0.2) is 5.43 Å². The van der Waals surface area contributed by atoms with Crippen molar-refractivity contribution in [2.75, 3.05) is 46.2 Å². The van der Waals surface area contributed by atoms with Crippen LogP contribution >= 0.6 is 0 Å². The van der Waals surface area contributed by atoms with Crippen molar-refractivity contribution >= 4 is 23.7 Å². The number of carboxylic acids is 1. The summed E-state index contributed by atoms with van der Waals surface area (Å²) < 4.78 is 11.3. The van der Waals surface area contributed by atoms with Gasteiger partial charge in [-0.1, -0.05) is 41.5 Å². The van der Waals surface area contributed by atoms with Crippen LogP contribution in [0, 0.1) is 16.2 Å². The number of carboxylic acid groups (broad SMARTS) is 1. The summed E-state index contributed by atoms with van der Waals surface area (Å²) in [5, 5.41) is 14.7. The van der Waals surface area contributed by atoms with Crippen molar-refractivity contribution in [3.8, 4) is 0 Å². The molecule has 0 saturated heterocycles. The maximum absolute atomic E-state index is 12.7. The molecule has 1 atom stereocenters. The number of hydrogen-bond donors (Lipinski definition) is 7. The Morgan fingerprint density at radius 3 is 1.73 bits per heavy atom. The van der Waals surface area contributed by atoms with Crippen molar-refractivity contribution in [2.45, 2.75) is 92.5 Å². The third kappa shape index (κ3) is 20.2. The lowest BCUT2D eigenvalue weighted by molar-refractivity contribution is -0.139. The first-order valence-electron chi connectivity index (χ1n) is 14.2. The predicted molar refractivity (Wildman–Crippen MR) is 157 cm³/mol. The van der Waals surface area contributed by atoms with E-state index in [2.05, 4.69) is 21.5 Å². The van der Waals surface area contributed by atoms with E-state index in [1.165, 1.54) is 0 Å². The van der Waals surface area contributed by atoms with Gasteiger partial charge >= 0.3 is 5.97 Å². The molecule has 0 aromatic heterocycles. The summed E-state index contributed by atoms with van der Waals surface area (Å²) in [6, 6.07) is 0. The van der Waals surface area contributed by atoms with Crippen molar-refractivity contribution in [3.63, 3.8) is 0 Å². The van der Waals surface area contributed by atoms with Crippen LogP contribution in [0.2, 0.25) is 0 Å². The Kier molecular flexibility index (Phi) is 17.2. The van der Waals surface area contributed by atoms with E-state index in [9.17, 15) is 19.2 Å². The molecular formula is C28H56N6O7. The van der Waals surface area contributed by atoms with Gasteiger partial charge in [0.1, 0.15) is 6.73 Å². The second-order valence-corrected chi connectivity index (χ2v) is 13.4. The van der Waals surface area contributed by atoms with Crippen molar-refractivity contribution in [1.82, 2.24) is 21.5 Å². The quantitative estimate of drug-likeness (QED) is 0.0512. The van der Waals surface area contributed by atoms with Gasteiger partial charge in [-0.2, -0.15) is 0 Å². The molecule has 13 heteroatoms. The van der Waals surface area contributed by atoms with Crippen LogP contribution in [-0.4, -0.2) is 80.5 Å². The number of nitrogens with one attached hydrogen (secondary N) is 4. The normalized spacial score (nSPS) is 13.8. The Morgan fingerprint density at radius 2 is 1.20 bits per heavy atom. The van der Waals surface area contributed by atoms with Crippen LogP contribution in [0.3, 0.4) is 0 Å². The summed E-state index contributed by atoms with van der Waals surface area (Å²) >= 11 is 0. The topological polar surface area (TPSA) is 207 Å². The number of ether oxygens (including phenoxy) is 2. The molecule has 0 radical (unpaired) electrons. The molecule has 9 N–H and O–H groups in total. The summed E-state index contributed by atoms with van der Waals surface area (Å²) in [6.07, 6.45) is 0.157. The predicted octanol–water partition coefficient (Wildman–Crippen LogP) is 1.01. The van der Waals surface area contributed by atoms with Crippen LogP contribution < -0.4 is 33.0 Å². The molecule has 240 valence electrons. The zero-order chi connectivity index (χ0) is 31.7. The minimum atomic E-state index is -1.08. The minimum absolute atomic E-state index is 0.0577. The second kappa shape index (κ2) is 18.3. The Labute approximate surface area is 245 Å². The fourth-order valence-electron chi connectivity index (χ4n) is 3.42. The molecule has 0 fully saturated rings. The fraction of sp³-hybridized carbons (Fsp3) is 0.857. The Morgan fingerprint density at radius 1 is 0.683 bits per heavy atom. The SMILES string of the molecule is CC(C)(CN)COCNNC(=O)CCC(C)(CCC(=O)NCC(C)(C)COCC(C)(C)CN)NC(=O)CCC(=O)O. The van der Waals surface area contributed by atoms with Gasteiger partial charge in [-0.3, -0.25) is 24.6 Å². The average molecular weight is 589 g/mol. The molecule has 0 spiro atoms. The molecule has 3 amide bonds. The third-order valence-electron chi connectivity index (χ3n) is 6.56. The smallest absolute Gasteiger partial charge is 0.303 e. The van der Waals surface area contributed by atoms with E-state index >= 15 is 0 Å². The van der Waals surface area contributed by atoms with Gasteiger partial charge in [0.25, 0.3) is 0 Å². The van der Waals surface area contributed by atoms with E-state index < -0.39 is 17.4 Å². The van der Waals surface area contributed by atoms with Gasteiger partial charge in [0.15, 0.2) is 0 Å². The highest BCUT2D eigenvalue weighted by Crippen LogP contribution is 2.21. The first-order valence-corrected chi connectivity index (χ1v) is 14.2. The minimum Gasteiger partial charge on any atom is -0.481 e. The molecule has 0 saturated carbocycles. The van der Waals surface area contributed by atoms with Crippen molar-refractivity contribution in [3.05, 3.63) is 0 Å². The number of carbonyl (C=O) groups excluding carboxylic acids is 3. The van der Waals surface area contributed by atoms with Gasteiger partial charge in [0, 0.05) is 47.6 Å². The molecule has 0 heterocycles. The standard InChI is InChI=1S/C28H56N6O7/c1-25(2,14-29)17-40-19-27(5,6)16-31-21(35)10-12-28(7,33-22(36)8-9-24(38)39)13-11-23(37)34-32-20-41-18-26(3,4)15-30/h32H,8-20,29-30H2,1-7H3,(H,31,35)(H,33,36)(H,34,37)(H,38,39). The number of nitrogens with two attached hydrogens (primary N) is 2. The highest BCUT2D eigenvalue weighted by molar-refractivity contribution is 5.81. The number of rotatable bonds is 23. The molecule has 0 aromatic rings. The Balaban J connectivity index is 4.86. The van der Waals surface area contributed by atoms with E-state index in [0.717, 1.165) is 0 Å². The summed E-state index contributed by atoms with van der Waals surface area (Å²) in [5.41, 5.74) is 15.2. The lowest BCUT2D eigenvalue weighted by Gasteiger charge is -2.31. The number of amides is 3. The summed E-state index contributed by atoms with van der Waals surface area (Å²) in [6.45, 7) is 16.6. The van der Waals surface area contributed by atoms with Crippen LogP contribution in [-0.2, 0) is 28.7 Å². The second-order valence-electron chi connectivity index (χ2n) is 13.4. The van der Waals surface area contributed by atoms with Crippen LogP contribution in [0.5, 0.6) is 0 Å². The molecule has 0 aliphatic rings. The first kappa shape index (κ1) is 38.7. The number of aliphatic carboxylic acids is 1. The van der Waals surface area contributed by atoms with E-state index in [0.29, 0.717) is 39.5 Å². The molecule has 0 aliphatic carbocycles. The lowest BCUT2D eigenvalue weighted by Crippen LogP contribution is -2.48. The molecule has 13 nitrogen and oxygen atoms in total. The van der Waals surface area contributed by atoms with Crippen molar-refractivity contribution in [2.24, 2.45) is 27.7 Å². The largest absolute Gasteiger partial charge is 0.481 e. The molecule has 0 aliphatic heterocycles. The summed E-state index contributed by atoms with van der Waals surface area (Å²) in [5.74, 6) is -2.05. The van der Waals surface area contributed by atoms with Gasteiger partial charge in [-0.15, -0.1) is 0 Å². The number of hydrogen-bond acceptors (Lipinski definition) is 9. The van der Waals surface area contributed by atoms with Gasteiger partial charge in [0.2, 0.25) is 17.7 Å². The number of carbonyl (C=O) groups is 4. The van der Waals surface area contributed by atoms with E-state index in [1.807, 2.05) is 41.5 Å². The first-order chi connectivity index (χ1) is 18.8. The number of hydrazine groups is 1. The monoisotopic (exact) mass is 588 g/mol. The van der Waals surface area contributed by atoms with Gasteiger partial charge < -0.3 is 36.7 Å². The molecule has 0 bridgehead atoms. The summed E-state index contributed by atoms with van der Waals surface area (Å²) in [4.78, 5) is 48.4. The highest BCUT2D eigenvalue weighted by atomic mass is 16.5. The molecule has 41 heavy (non-hydrogen) atoms. The van der Waals surface area contributed by atoms with Gasteiger partial charge in [0.05, 0.1) is 26.2 Å². The Bertz CT molecular complexity index is 835. The lowest BCUT2D eigenvalue weighted by atomic mass is 9.89. The third-order valence-corrected chi connectivity index (χ3v) is 6.56. The van der Waals surface area contributed by atoms with Crippen LogP contribution in [0.25, 0.3) is 0 Å². The zero-order valence-electron chi connectivity index (χ0n) is 26.2. The maximum atomic E-state index is 12.7. The van der Waals surface area contributed by atoms with E-state index in [1.54, 1.807) is 6.92 Å². The van der Waals surface area contributed by atoms with E-state index in [-0.39, 0.29) is 73.3 Å². The van der Waals surface area contributed by atoms with Crippen LogP contribution in [0.1, 0.15) is 87.0 Å².